The van der Waals surface area contributed by atoms with E-state index in [9.17, 15) is 10.1 Å². The monoisotopic (exact) mass is 345 g/mol. The molecule has 0 saturated carbocycles. The molecular weight excluding hydrogens is 322 g/mol. The Balaban J connectivity index is 2.33. The Bertz CT molecular complexity index is 728. The average molecular weight is 345 g/mol. The van der Waals surface area contributed by atoms with Gasteiger partial charge in [0.15, 0.2) is 0 Å². The van der Waals surface area contributed by atoms with Gasteiger partial charge >= 0.3 is 0 Å². The molecule has 0 radical (unpaired) electrons. The van der Waals surface area contributed by atoms with Crippen LogP contribution in [0.3, 0.4) is 0 Å². The van der Waals surface area contributed by atoms with E-state index in [0.29, 0.717) is 49.9 Å². The Morgan fingerprint density at radius 3 is 2.52 bits per heavy atom. The van der Waals surface area contributed by atoms with Gasteiger partial charge in [-0.15, -0.1) is 0 Å². The minimum Gasteiger partial charge on any atom is -0.443 e. The number of rotatable bonds is 9. The van der Waals surface area contributed by atoms with E-state index in [0.717, 1.165) is 0 Å². The Hall–Kier alpha value is -2.56. The number of furan rings is 1. The van der Waals surface area contributed by atoms with Crippen molar-refractivity contribution >= 4 is 5.91 Å². The number of amides is 1. The van der Waals surface area contributed by atoms with Crippen molar-refractivity contribution in [2.24, 2.45) is 0 Å². The highest BCUT2D eigenvalue weighted by molar-refractivity contribution is 5.98. The summed E-state index contributed by atoms with van der Waals surface area (Å²) in [7, 11) is 3.21. The summed E-state index contributed by atoms with van der Waals surface area (Å²) < 4.78 is 17.6. The summed E-state index contributed by atoms with van der Waals surface area (Å²) in [5, 5.41) is 9.59. The molecule has 7 heteroatoms. The topological polar surface area (TPSA) is 80.6 Å². The van der Waals surface area contributed by atoms with Gasteiger partial charge in [0, 0.05) is 46.3 Å². The fraction of sp³-hybridized carbons (Fsp3) is 0.444. The first-order chi connectivity index (χ1) is 12.1. The Morgan fingerprint density at radius 2 is 1.92 bits per heavy atom. The Morgan fingerprint density at radius 1 is 1.24 bits per heavy atom. The quantitative estimate of drug-likeness (QED) is 0.652. The lowest BCUT2D eigenvalue weighted by atomic mass is 10.1. The van der Waals surface area contributed by atoms with Gasteiger partial charge in [0.2, 0.25) is 5.88 Å². The number of carbonyl (C=O) groups excluding carboxylic acids is 1. The lowest BCUT2D eigenvalue weighted by molar-refractivity contribution is 0.0672. The second-order valence-corrected chi connectivity index (χ2v) is 5.55. The van der Waals surface area contributed by atoms with E-state index < -0.39 is 0 Å². The number of aromatic nitrogens is 1. The molecule has 0 aromatic carbocycles. The van der Waals surface area contributed by atoms with Crippen molar-refractivity contribution in [1.82, 2.24) is 9.47 Å². The van der Waals surface area contributed by atoms with Crippen LogP contribution >= 0.6 is 0 Å². The van der Waals surface area contributed by atoms with Gasteiger partial charge in [0.1, 0.15) is 23.0 Å². The standard InChI is InChI=1S/C18H23N3O4/c1-14-16(15(13-19)18(25-14)21-7-4-5-8-21)17(22)20(10-12-24-3)9-6-11-23-2/h4-5,7-8H,6,9-12H2,1-3H3. The number of carbonyl (C=O) groups is 1. The van der Waals surface area contributed by atoms with Gasteiger partial charge < -0.3 is 18.8 Å². The molecule has 2 aromatic rings. The van der Waals surface area contributed by atoms with Crippen molar-refractivity contribution < 1.29 is 18.7 Å². The zero-order valence-electron chi connectivity index (χ0n) is 14.8. The fourth-order valence-corrected chi connectivity index (χ4v) is 2.62. The largest absolute Gasteiger partial charge is 0.443 e. The number of ether oxygens (including phenoxy) is 2. The first-order valence-electron chi connectivity index (χ1n) is 8.08. The van der Waals surface area contributed by atoms with Gasteiger partial charge in [-0.2, -0.15) is 5.26 Å². The van der Waals surface area contributed by atoms with Gasteiger partial charge in [0.25, 0.3) is 5.91 Å². The summed E-state index contributed by atoms with van der Waals surface area (Å²) in [4.78, 5) is 14.7. The van der Waals surface area contributed by atoms with E-state index in [4.69, 9.17) is 13.9 Å². The normalized spacial score (nSPS) is 10.6. The highest BCUT2D eigenvalue weighted by Gasteiger charge is 2.27. The third kappa shape index (κ3) is 4.29. The molecular formula is C18H23N3O4. The Kier molecular flexibility index (Phi) is 6.81. The summed E-state index contributed by atoms with van der Waals surface area (Å²) in [6, 6.07) is 5.77. The zero-order valence-corrected chi connectivity index (χ0v) is 14.8. The molecule has 0 aliphatic carbocycles. The summed E-state index contributed by atoms with van der Waals surface area (Å²) in [5.41, 5.74) is 0.549. The smallest absolute Gasteiger partial charge is 0.258 e. The third-order valence-corrected chi connectivity index (χ3v) is 3.86. The molecule has 7 nitrogen and oxygen atoms in total. The van der Waals surface area contributed by atoms with Crippen molar-refractivity contribution in [3.05, 3.63) is 41.4 Å². The maximum Gasteiger partial charge on any atom is 0.258 e. The molecule has 2 aromatic heterocycles. The van der Waals surface area contributed by atoms with Crippen molar-refractivity contribution in [2.45, 2.75) is 13.3 Å². The van der Waals surface area contributed by atoms with Crippen LogP contribution < -0.4 is 0 Å². The van der Waals surface area contributed by atoms with Gasteiger partial charge in [-0.1, -0.05) is 0 Å². The molecule has 0 unspecified atom stereocenters. The van der Waals surface area contributed by atoms with Crippen LogP contribution in [0.15, 0.2) is 28.9 Å². The third-order valence-electron chi connectivity index (χ3n) is 3.86. The number of hydrogen-bond donors (Lipinski definition) is 0. The highest BCUT2D eigenvalue weighted by atomic mass is 16.5. The predicted octanol–water partition coefficient (Wildman–Crippen LogP) is 2.38. The van der Waals surface area contributed by atoms with E-state index >= 15 is 0 Å². The lowest BCUT2D eigenvalue weighted by Gasteiger charge is -2.22. The fourth-order valence-electron chi connectivity index (χ4n) is 2.62. The van der Waals surface area contributed by atoms with Crippen LogP contribution in [0.2, 0.25) is 0 Å². The molecule has 0 bridgehead atoms. The number of nitrogens with zero attached hydrogens (tertiary/aromatic N) is 3. The summed E-state index contributed by atoms with van der Waals surface area (Å²) >= 11 is 0. The second-order valence-electron chi connectivity index (χ2n) is 5.55. The molecule has 0 saturated heterocycles. The number of aryl methyl sites for hydroxylation is 1. The predicted molar refractivity (Wildman–Crippen MR) is 91.8 cm³/mol. The van der Waals surface area contributed by atoms with Crippen molar-refractivity contribution in [1.29, 1.82) is 5.26 Å². The number of hydrogen-bond acceptors (Lipinski definition) is 5. The minimum absolute atomic E-state index is 0.232. The van der Waals surface area contributed by atoms with Crippen LogP contribution in [-0.2, 0) is 9.47 Å². The first-order valence-corrected chi connectivity index (χ1v) is 8.08. The number of methoxy groups -OCH3 is 2. The molecule has 0 atom stereocenters. The van der Waals surface area contributed by atoms with Gasteiger partial charge in [0.05, 0.1) is 6.61 Å². The molecule has 25 heavy (non-hydrogen) atoms. The van der Waals surface area contributed by atoms with Gasteiger partial charge in [-0.05, 0) is 25.5 Å². The molecule has 2 rings (SSSR count). The van der Waals surface area contributed by atoms with E-state index in [1.807, 2.05) is 12.1 Å². The highest BCUT2D eigenvalue weighted by Crippen LogP contribution is 2.26. The van der Waals surface area contributed by atoms with E-state index in [1.165, 1.54) is 0 Å². The molecule has 0 fully saturated rings. The SMILES string of the molecule is COCCCN(CCOC)C(=O)c1c(C)oc(-n2cccc2)c1C#N. The average Bonchev–Trinajstić information content (AvgIpc) is 3.24. The van der Waals surface area contributed by atoms with Crippen molar-refractivity contribution in [3.8, 4) is 12.0 Å². The van der Waals surface area contributed by atoms with Crippen LogP contribution in [-0.4, -0.2) is 55.9 Å². The maximum atomic E-state index is 13.0. The molecule has 0 spiro atoms. The summed E-state index contributed by atoms with van der Waals surface area (Å²) in [6.07, 6.45) is 4.25. The minimum atomic E-state index is -0.232. The zero-order chi connectivity index (χ0) is 18.2. The maximum absolute atomic E-state index is 13.0. The van der Waals surface area contributed by atoms with Crippen LogP contribution in [0.1, 0.15) is 28.1 Å². The van der Waals surface area contributed by atoms with Crippen LogP contribution in [0.5, 0.6) is 0 Å². The summed E-state index contributed by atoms with van der Waals surface area (Å²) in [6.45, 7) is 3.63. The van der Waals surface area contributed by atoms with Crippen LogP contribution in [0.25, 0.3) is 5.88 Å². The van der Waals surface area contributed by atoms with E-state index in [-0.39, 0.29) is 11.5 Å². The molecule has 2 heterocycles. The Labute approximate surface area is 147 Å². The first kappa shape index (κ1) is 18.8. The lowest BCUT2D eigenvalue weighted by Crippen LogP contribution is -2.35. The number of nitriles is 1. The van der Waals surface area contributed by atoms with Crippen molar-refractivity contribution in [3.63, 3.8) is 0 Å². The van der Waals surface area contributed by atoms with Crippen LogP contribution in [0, 0.1) is 18.3 Å². The van der Waals surface area contributed by atoms with E-state index in [1.54, 1.807) is 43.0 Å². The van der Waals surface area contributed by atoms with Crippen molar-refractivity contribution in [2.75, 3.05) is 40.5 Å². The molecule has 0 N–H and O–H groups in total. The molecule has 0 aliphatic rings. The summed E-state index contributed by atoms with van der Waals surface area (Å²) in [5.74, 6) is 0.556. The van der Waals surface area contributed by atoms with E-state index in [2.05, 4.69) is 6.07 Å². The second kappa shape index (κ2) is 9.06. The molecule has 1 amide bonds. The molecule has 0 aliphatic heterocycles. The van der Waals surface area contributed by atoms with Gasteiger partial charge in [-0.25, -0.2) is 0 Å². The molecule has 134 valence electrons. The van der Waals surface area contributed by atoms with Crippen LogP contribution in [0.4, 0.5) is 0 Å². The van der Waals surface area contributed by atoms with Gasteiger partial charge in [-0.3, -0.25) is 9.36 Å².